The molecule has 1 aromatic heterocycles. The van der Waals surface area contributed by atoms with Crippen molar-refractivity contribution in [3.8, 4) is 0 Å². The number of carbonyl (C=O) groups is 1. The zero-order valence-electron chi connectivity index (χ0n) is 18.8. The SMILES string of the molecule is Cc1ccc(Nc2nc(C)cc(Nc3ccc(NC(=O)/C=C/c4ccc(Cl)cc4)cc3)n2)cc1. The van der Waals surface area contributed by atoms with Gasteiger partial charge in [0.15, 0.2) is 0 Å². The van der Waals surface area contributed by atoms with E-state index in [1.165, 1.54) is 11.6 Å². The lowest BCUT2D eigenvalue weighted by Crippen LogP contribution is -2.07. The van der Waals surface area contributed by atoms with Crippen molar-refractivity contribution in [3.63, 3.8) is 0 Å². The fourth-order valence-electron chi connectivity index (χ4n) is 3.17. The highest BCUT2D eigenvalue weighted by Crippen LogP contribution is 2.21. The lowest BCUT2D eigenvalue weighted by molar-refractivity contribution is -0.111. The average molecular weight is 470 g/mol. The number of halogens is 1. The molecule has 0 saturated carbocycles. The molecule has 170 valence electrons. The second-order valence-corrected chi connectivity index (χ2v) is 8.22. The summed E-state index contributed by atoms with van der Waals surface area (Å²) in [5.41, 5.74) is 5.38. The van der Waals surface area contributed by atoms with E-state index in [9.17, 15) is 4.79 Å². The molecule has 0 saturated heterocycles. The number of hydrogen-bond donors (Lipinski definition) is 3. The maximum absolute atomic E-state index is 12.2. The fraction of sp³-hybridized carbons (Fsp3) is 0.0741. The van der Waals surface area contributed by atoms with E-state index in [0.29, 0.717) is 22.5 Å². The molecule has 7 heteroatoms. The van der Waals surface area contributed by atoms with Crippen LogP contribution in [0.1, 0.15) is 16.8 Å². The molecule has 0 fully saturated rings. The number of benzene rings is 3. The highest BCUT2D eigenvalue weighted by molar-refractivity contribution is 6.30. The molecular weight excluding hydrogens is 446 g/mol. The van der Waals surface area contributed by atoms with Gasteiger partial charge >= 0.3 is 0 Å². The first kappa shape index (κ1) is 23.0. The van der Waals surface area contributed by atoms with Gasteiger partial charge in [0, 0.05) is 39.9 Å². The predicted molar refractivity (Wildman–Crippen MR) is 140 cm³/mol. The summed E-state index contributed by atoms with van der Waals surface area (Å²) in [6.45, 7) is 3.97. The van der Waals surface area contributed by atoms with Crippen LogP contribution in [0.15, 0.2) is 84.9 Å². The summed E-state index contributed by atoms with van der Waals surface area (Å²) in [6.07, 6.45) is 3.23. The molecule has 3 aromatic carbocycles. The van der Waals surface area contributed by atoms with Crippen LogP contribution in [-0.2, 0) is 4.79 Å². The van der Waals surface area contributed by atoms with Crippen LogP contribution in [0.2, 0.25) is 5.02 Å². The summed E-state index contributed by atoms with van der Waals surface area (Å²) in [7, 11) is 0. The number of anilines is 5. The lowest BCUT2D eigenvalue weighted by atomic mass is 10.2. The third-order valence-electron chi connectivity index (χ3n) is 4.88. The number of carbonyl (C=O) groups excluding carboxylic acids is 1. The van der Waals surface area contributed by atoms with E-state index < -0.39 is 0 Å². The van der Waals surface area contributed by atoms with Gasteiger partial charge in [-0.05, 0) is 74.0 Å². The molecule has 34 heavy (non-hydrogen) atoms. The minimum Gasteiger partial charge on any atom is -0.340 e. The van der Waals surface area contributed by atoms with Crippen molar-refractivity contribution in [1.82, 2.24) is 9.97 Å². The van der Waals surface area contributed by atoms with Crippen LogP contribution in [0.3, 0.4) is 0 Å². The Bertz CT molecular complexity index is 1300. The van der Waals surface area contributed by atoms with Gasteiger partial charge in [-0.25, -0.2) is 4.98 Å². The monoisotopic (exact) mass is 469 g/mol. The Hall–Kier alpha value is -4.16. The zero-order valence-corrected chi connectivity index (χ0v) is 19.6. The summed E-state index contributed by atoms with van der Waals surface area (Å²) in [5.74, 6) is 0.974. The maximum Gasteiger partial charge on any atom is 0.248 e. The van der Waals surface area contributed by atoms with Crippen LogP contribution in [0, 0.1) is 13.8 Å². The predicted octanol–water partition coefficient (Wildman–Crippen LogP) is 6.89. The standard InChI is InChI=1S/C27H24ClN5O/c1-18-3-10-24(11-4-18)32-27-29-19(2)17-25(33-27)30-22-12-14-23(15-13-22)31-26(34)16-7-20-5-8-21(28)9-6-20/h3-17H,1-2H3,(H,31,34)(H2,29,30,32,33)/b16-7+. The number of aromatic nitrogens is 2. The molecule has 0 unspecified atom stereocenters. The summed E-state index contributed by atoms with van der Waals surface area (Å²) in [4.78, 5) is 21.2. The van der Waals surface area contributed by atoms with Gasteiger partial charge in [0.05, 0.1) is 0 Å². The van der Waals surface area contributed by atoms with Crippen molar-refractivity contribution < 1.29 is 4.79 Å². The van der Waals surface area contributed by atoms with Crippen LogP contribution < -0.4 is 16.0 Å². The van der Waals surface area contributed by atoms with Gasteiger partial charge in [0.1, 0.15) is 5.82 Å². The molecule has 0 aliphatic carbocycles. The first-order valence-electron chi connectivity index (χ1n) is 10.7. The van der Waals surface area contributed by atoms with Crippen molar-refractivity contribution in [1.29, 1.82) is 0 Å². The van der Waals surface area contributed by atoms with Crippen molar-refractivity contribution in [2.75, 3.05) is 16.0 Å². The molecular formula is C27H24ClN5O. The second kappa shape index (κ2) is 10.6. The van der Waals surface area contributed by atoms with Gasteiger partial charge in [-0.3, -0.25) is 4.79 Å². The molecule has 3 N–H and O–H groups in total. The third kappa shape index (κ3) is 6.67. The minimum atomic E-state index is -0.214. The molecule has 0 radical (unpaired) electrons. The third-order valence-corrected chi connectivity index (χ3v) is 5.14. The van der Waals surface area contributed by atoms with Crippen molar-refractivity contribution in [3.05, 3.63) is 107 Å². The smallest absolute Gasteiger partial charge is 0.248 e. The molecule has 0 spiro atoms. The lowest BCUT2D eigenvalue weighted by Gasteiger charge is -2.11. The number of nitrogens with zero attached hydrogens (tertiary/aromatic N) is 2. The Kier molecular flexibility index (Phi) is 7.20. The summed E-state index contributed by atoms with van der Waals surface area (Å²) in [6, 6.07) is 24.6. The Morgan fingerprint density at radius 2 is 1.41 bits per heavy atom. The van der Waals surface area contributed by atoms with Gasteiger partial charge in [-0.15, -0.1) is 0 Å². The summed E-state index contributed by atoms with van der Waals surface area (Å²) < 4.78 is 0. The molecule has 1 heterocycles. The number of nitrogens with one attached hydrogen (secondary N) is 3. The maximum atomic E-state index is 12.2. The average Bonchev–Trinajstić information content (AvgIpc) is 2.81. The van der Waals surface area contributed by atoms with E-state index in [2.05, 4.69) is 25.9 Å². The van der Waals surface area contributed by atoms with Crippen molar-refractivity contribution in [2.45, 2.75) is 13.8 Å². The van der Waals surface area contributed by atoms with E-state index in [1.807, 2.05) is 80.6 Å². The Morgan fingerprint density at radius 3 is 2.12 bits per heavy atom. The van der Waals surface area contributed by atoms with Crippen LogP contribution in [0.5, 0.6) is 0 Å². The largest absolute Gasteiger partial charge is 0.340 e. The van der Waals surface area contributed by atoms with Crippen LogP contribution >= 0.6 is 11.6 Å². The molecule has 4 rings (SSSR count). The highest BCUT2D eigenvalue weighted by atomic mass is 35.5. The number of hydrogen-bond acceptors (Lipinski definition) is 5. The number of amides is 1. The molecule has 1 amide bonds. The minimum absolute atomic E-state index is 0.214. The van der Waals surface area contributed by atoms with E-state index in [4.69, 9.17) is 11.6 Å². The first-order chi connectivity index (χ1) is 16.4. The normalized spacial score (nSPS) is 10.8. The van der Waals surface area contributed by atoms with Gasteiger partial charge in [-0.1, -0.05) is 41.4 Å². The van der Waals surface area contributed by atoms with Crippen LogP contribution in [0.4, 0.5) is 28.8 Å². The second-order valence-electron chi connectivity index (χ2n) is 7.79. The number of aryl methyl sites for hydroxylation is 2. The molecule has 0 atom stereocenters. The van der Waals surface area contributed by atoms with Crippen LogP contribution in [0.25, 0.3) is 6.08 Å². The topological polar surface area (TPSA) is 78.9 Å². The van der Waals surface area contributed by atoms with E-state index >= 15 is 0 Å². The zero-order chi connectivity index (χ0) is 23.9. The Labute approximate surface area is 203 Å². The Balaban J connectivity index is 1.37. The van der Waals surface area contributed by atoms with Crippen molar-refractivity contribution >= 4 is 52.4 Å². The molecule has 4 aromatic rings. The van der Waals surface area contributed by atoms with Gasteiger partial charge in [-0.2, -0.15) is 4.98 Å². The van der Waals surface area contributed by atoms with Gasteiger partial charge in [0.2, 0.25) is 11.9 Å². The molecule has 0 aliphatic rings. The quantitative estimate of drug-likeness (QED) is 0.257. The molecule has 0 bridgehead atoms. The van der Waals surface area contributed by atoms with E-state index in [0.717, 1.165) is 22.6 Å². The highest BCUT2D eigenvalue weighted by Gasteiger charge is 2.05. The molecule has 0 aliphatic heterocycles. The summed E-state index contributed by atoms with van der Waals surface area (Å²) >= 11 is 5.88. The molecule has 6 nitrogen and oxygen atoms in total. The Morgan fingerprint density at radius 1 is 0.794 bits per heavy atom. The van der Waals surface area contributed by atoms with Crippen LogP contribution in [-0.4, -0.2) is 15.9 Å². The van der Waals surface area contributed by atoms with E-state index in [-0.39, 0.29) is 5.91 Å². The van der Waals surface area contributed by atoms with Gasteiger partial charge in [0.25, 0.3) is 0 Å². The number of rotatable bonds is 7. The van der Waals surface area contributed by atoms with Crippen molar-refractivity contribution in [2.24, 2.45) is 0 Å². The van der Waals surface area contributed by atoms with E-state index in [1.54, 1.807) is 18.2 Å². The van der Waals surface area contributed by atoms with Gasteiger partial charge < -0.3 is 16.0 Å². The summed E-state index contributed by atoms with van der Waals surface area (Å²) in [5, 5.41) is 10.0. The fourth-order valence-corrected chi connectivity index (χ4v) is 3.29. The first-order valence-corrected chi connectivity index (χ1v) is 11.1.